The number of primary amides is 1. The second-order valence-corrected chi connectivity index (χ2v) is 6.61. The number of aromatic nitrogens is 4. The Morgan fingerprint density at radius 3 is 2.78 bits per heavy atom. The van der Waals surface area contributed by atoms with Crippen LogP contribution in [0.25, 0.3) is 0 Å². The number of carbonyl (C=O) groups excluding carboxylic acids is 2. The average molecular weight is 335 g/mol. The molecule has 0 fully saturated rings. The quantitative estimate of drug-likeness (QED) is 0.535. The van der Waals surface area contributed by atoms with Gasteiger partial charge in [0.15, 0.2) is 10.9 Å². The molecule has 0 saturated carbocycles. The molecule has 0 atom stereocenters. The number of ketones is 1. The Morgan fingerprint density at radius 1 is 1.39 bits per heavy atom. The number of amides is 1. The highest BCUT2D eigenvalue weighted by Crippen LogP contribution is 2.20. The summed E-state index contributed by atoms with van der Waals surface area (Å²) in [6.07, 6.45) is 2.42. The maximum atomic E-state index is 12.1. The number of hydrogen-bond acceptors (Lipinski definition) is 5. The van der Waals surface area contributed by atoms with Crippen molar-refractivity contribution in [2.45, 2.75) is 38.4 Å². The van der Waals surface area contributed by atoms with E-state index in [-0.39, 0.29) is 23.9 Å². The van der Waals surface area contributed by atoms with Gasteiger partial charge in [-0.2, -0.15) is 0 Å². The first-order valence-electron chi connectivity index (χ1n) is 7.47. The number of hydrogen-bond donors (Lipinski definition) is 2. The van der Waals surface area contributed by atoms with Crippen LogP contribution in [0.15, 0.2) is 23.5 Å². The maximum absolute atomic E-state index is 12.1. The summed E-state index contributed by atoms with van der Waals surface area (Å²) in [6.45, 7) is 4.92. The number of nitrogens with zero attached hydrogens (tertiary/aromatic N) is 3. The molecule has 0 bridgehead atoms. The largest absolute Gasteiger partial charge is 0.370 e. The van der Waals surface area contributed by atoms with Gasteiger partial charge >= 0.3 is 0 Å². The van der Waals surface area contributed by atoms with E-state index in [0.717, 1.165) is 12.4 Å². The van der Waals surface area contributed by atoms with Crippen molar-refractivity contribution in [1.29, 1.82) is 0 Å². The number of Topliss-reactive ketones (excluding diaryl/α,β-unsaturated/α-hetero) is 1. The van der Waals surface area contributed by atoms with Crippen LogP contribution < -0.4 is 5.73 Å². The van der Waals surface area contributed by atoms with Crippen LogP contribution >= 0.6 is 11.8 Å². The minimum atomic E-state index is -0.361. The fourth-order valence-electron chi connectivity index (χ4n) is 2.11. The minimum Gasteiger partial charge on any atom is -0.370 e. The van der Waals surface area contributed by atoms with Gasteiger partial charge < -0.3 is 15.3 Å². The van der Waals surface area contributed by atoms with Gasteiger partial charge in [0.25, 0.3) is 0 Å². The fourth-order valence-corrected chi connectivity index (χ4v) is 2.96. The normalized spacial score (nSPS) is 11.1. The number of nitrogens with two attached hydrogens (primary N) is 1. The van der Waals surface area contributed by atoms with Crippen molar-refractivity contribution in [3.8, 4) is 0 Å². The van der Waals surface area contributed by atoms with E-state index >= 15 is 0 Å². The van der Waals surface area contributed by atoms with E-state index in [4.69, 9.17) is 5.73 Å². The molecule has 2 heterocycles. The fraction of sp³-hybridized carbons (Fsp3) is 0.467. The molecule has 2 rings (SSSR count). The molecule has 2 aromatic rings. The Labute approximate surface area is 139 Å². The summed E-state index contributed by atoms with van der Waals surface area (Å²) in [5, 5.41) is 9.00. The summed E-state index contributed by atoms with van der Waals surface area (Å²) in [5.74, 6) is 1.06. The lowest BCUT2D eigenvalue weighted by atomic mass is 10.2. The standard InChI is InChI=1S/C15H21N5O2S/c1-10(2)8-20-14(6-5-13(16)22)18-19-15(20)23-9-12(21)11-4-3-7-17-11/h3-4,7,10,17H,5-6,8-9H2,1-2H3,(H2,16,22). The summed E-state index contributed by atoms with van der Waals surface area (Å²) in [5.41, 5.74) is 5.79. The van der Waals surface area contributed by atoms with E-state index in [2.05, 4.69) is 29.0 Å². The highest BCUT2D eigenvalue weighted by atomic mass is 32.2. The highest BCUT2D eigenvalue weighted by Gasteiger charge is 2.16. The van der Waals surface area contributed by atoms with E-state index in [0.29, 0.717) is 23.2 Å². The monoisotopic (exact) mass is 335 g/mol. The van der Waals surface area contributed by atoms with Gasteiger partial charge in [0.2, 0.25) is 5.91 Å². The molecule has 1 amide bonds. The minimum absolute atomic E-state index is 0.0118. The molecule has 124 valence electrons. The molecule has 23 heavy (non-hydrogen) atoms. The zero-order valence-electron chi connectivity index (χ0n) is 13.3. The number of thioether (sulfide) groups is 1. The molecule has 0 aliphatic carbocycles. The van der Waals surface area contributed by atoms with Crippen LogP contribution in [0.4, 0.5) is 0 Å². The van der Waals surface area contributed by atoms with Crippen molar-refractivity contribution in [2.24, 2.45) is 11.7 Å². The first-order valence-corrected chi connectivity index (χ1v) is 8.45. The molecule has 0 radical (unpaired) electrons. The molecule has 0 spiro atoms. The molecular weight excluding hydrogens is 314 g/mol. The molecule has 8 heteroatoms. The molecule has 0 aliphatic heterocycles. The van der Waals surface area contributed by atoms with Gasteiger partial charge in [-0.3, -0.25) is 9.59 Å². The van der Waals surface area contributed by atoms with E-state index in [9.17, 15) is 9.59 Å². The van der Waals surface area contributed by atoms with Crippen molar-refractivity contribution in [3.63, 3.8) is 0 Å². The number of rotatable bonds is 9. The van der Waals surface area contributed by atoms with E-state index in [1.54, 1.807) is 18.3 Å². The predicted octanol–water partition coefficient (Wildman–Crippen LogP) is 1.66. The molecule has 2 aromatic heterocycles. The van der Waals surface area contributed by atoms with Crippen LogP contribution in [-0.4, -0.2) is 37.2 Å². The van der Waals surface area contributed by atoms with Crippen LogP contribution in [0.5, 0.6) is 0 Å². The Balaban J connectivity index is 2.07. The SMILES string of the molecule is CC(C)Cn1c(CCC(N)=O)nnc1SCC(=O)c1ccc[nH]1. The number of aromatic amines is 1. The molecule has 7 nitrogen and oxygen atoms in total. The van der Waals surface area contributed by atoms with Crippen LogP contribution in [-0.2, 0) is 17.8 Å². The van der Waals surface area contributed by atoms with Crippen molar-refractivity contribution in [1.82, 2.24) is 19.7 Å². The van der Waals surface area contributed by atoms with Crippen LogP contribution in [0.3, 0.4) is 0 Å². The van der Waals surface area contributed by atoms with Gasteiger partial charge in [-0.25, -0.2) is 0 Å². The van der Waals surface area contributed by atoms with Crippen molar-refractivity contribution < 1.29 is 9.59 Å². The van der Waals surface area contributed by atoms with Gasteiger partial charge in [-0.05, 0) is 18.1 Å². The van der Waals surface area contributed by atoms with Gasteiger partial charge in [0.1, 0.15) is 5.82 Å². The van der Waals surface area contributed by atoms with E-state index in [1.165, 1.54) is 11.8 Å². The summed E-state index contributed by atoms with van der Waals surface area (Å²) in [7, 11) is 0. The Kier molecular flexibility index (Phi) is 5.97. The van der Waals surface area contributed by atoms with E-state index in [1.807, 2.05) is 4.57 Å². The molecule has 3 N–H and O–H groups in total. The summed E-state index contributed by atoms with van der Waals surface area (Å²) >= 11 is 1.35. The van der Waals surface area contributed by atoms with Crippen molar-refractivity contribution in [2.75, 3.05) is 5.75 Å². The molecular formula is C15H21N5O2S. The first-order chi connectivity index (χ1) is 11.0. The number of nitrogens with one attached hydrogen (secondary N) is 1. The predicted molar refractivity (Wildman–Crippen MR) is 88.2 cm³/mol. The van der Waals surface area contributed by atoms with Crippen molar-refractivity contribution in [3.05, 3.63) is 29.8 Å². The zero-order valence-corrected chi connectivity index (χ0v) is 14.1. The number of aryl methyl sites for hydroxylation is 1. The Bertz CT molecular complexity index is 663. The van der Waals surface area contributed by atoms with E-state index < -0.39 is 0 Å². The van der Waals surface area contributed by atoms with Gasteiger partial charge in [-0.1, -0.05) is 25.6 Å². The lowest BCUT2D eigenvalue weighted by Crippen LogP contribution is -2.15. The lowest BCUT2D eigenvalue weighted by Gasteiger charge is -2.11. The van der Waals surface area contributed by atoms with Crippen molar-refractivity contribution >= 4 is 23.5 Å². The van der Waals surface area contributed by atoms with Crippen LogP contribution in [0.2, 0.25) is 0 Å². The molecule has 0 unspecified atom stereocenters. The van der Waals surface area contributed by atoms with Crippen LogP contribution in [0.1, 0.15) is 36.6 Å². The zero-order chi connectivity index (χ0) is 16.8. The molecule has 0 aromatic carbocycles. The Hall–Kier alpha value is -2.09. The average Bonchev–Trinajstić information content (AvgIpc) is 3.12. The number of H-pyrrole nitrogens is 1. The maximum Gasteiger partial charge on any atom is 0.217 e. The smallest absolute Gasteiger partial charge is 0.217 e. The summed E-state index contributed by atoms with van der Waals surface area (Å²) in [4.78, 5) is 25.9. The summed E-state index contributed by atoms with van der Waals surface area (Å²) in [6, 6.07) is 3.54. The third kappa shape index (κ3) is 4.95. The first kappa shape index (κ1) is 17.3. The molecule has 0 aliphatic rings. The third-order valence-electron chi connectivity index (χ3n) is 3.17. The number of carbonyl (C=O) groups is 2. The van der Waals surface area contributed by atoms with Gasteiger partial charge in [0.05, 0.1) is 11.4 Å². The lowest BCUT2D eigenvalue weighted by molar-refractivity contribution is -0.118. The van der Waals surface area contributed by atoms with Gasteiger partial charge in [-0.15, -0.1) is 10.2 Å². The highest BCUT2D eigenvalue weighted by molar-refractivity contribution is 7.99. The second-order valence-electron chi connectivity index (χ2n) is 5.67. The van der Waals surface area contributed by atoms with Gasteiger partial charge in [0, 0.05) is 25.6 Å². The molecule has 0 saturated heterocycles. The topological polar surface area (TPSA) is 107 Å². The Morgan fingerprint density at radius 2 is 2.17 bits per heavy atom. The second kappa shape index (κ2) is 7.96. The van der Waals surface area contributed by atoms with Crippen LogP contribution in [0, 0.1) is 5.92 Å². The summed E-state index contributed by atoms with van der Waals surface area (Å²) < 4.78 is 1.97. The third-order valence-corrected chi connectivity index (χ3v) is 4.13.